The Balaban J connectivity index is 2.06. The lowest BCUT2D eigenvalue weighted by Gasteiger charge is -2.22. The van der Waals surface area contributed by atoms with E-state index in [2.05, 4.69) is 16.0 Å². The van der Waals surface area contributed by atoms with E-state index in [1.165, 1.54) is 0 Å². The van der Waals surface area contributed by atoms with Gasteiger partial charge < -0.3 is 20.7 Å². The van der Waals surface area contributed by atoms with Crippen LogP contribution in [0.3, 0.4) is 0 Å². The first-order chi connectivity index (χ1) is 8.22. The lowest BCUT2D eigenvalue weighted by atomic mass is 10.2. The molecule has 1 rings (SSSR count). The normalized spacial score (nSPS) is 19.7. The summed E-state index contributed by atoms with van der Waals surface area (Å²) in [4.78, 5) is 22.6. The second-order valence-corrected chi connectivity index (χ2v) is 3.95. The lowest BCUT2D eigenvalue weighted by Crippen LogP contribution is -2.41. The fourth-order valence-corrected chi connectivity index (χ4v) is 1.63. The quantitative estimate of drug-likeness (QED) is 0.559. The molecular formula is C11H21N3O3. The molecule has 17 heavy (non-hydrogen) atoms. The molecule has 2 amide bonds. The molecule has 1 atom stereocenters. The number of carbonyl (C=O) groups excluding carboxylic acids is 2. The summed E-state index contributed by atoms with van der Waals surface area (Å²) >= 11 is 0. The molecule has 6 heteroatoms. The number of nitrogens with one attached hydrogen (secondary N) is 3. The predicted molar refractivity (Wildman–Crippen MR) is 63.5 cm³/mol. The van der Waals surface area contributed by atoms with E-state index in [0.29, 0.717) is 39.1 Å². The zero-order chi connectivity index (χ0) is 12.5. The van der Waals surface area contributed by atoms with E-state index in [1.807, 2.05) is 6.92 Å². The molecule has 6 nitrogen and oxygen atoms in total. The van der Waals surface area contributed by atoms with Gasteiger partial charge in [0.25, 0.3) is 0 Å². The van der Waals surface area contributed by atoms with Crippen molar-refractivity contribution in [3.05, 3.63) is 0 Å². The van der Waals surface area contributed by atoms with Gasteiger partial charge in [-0.05, 0) is 6.92 Å². The Morgan fingerprint density at radius 1 is 1.35 bits per heavy atom. The molecule has 1 unspecified atom stereocenters. The van der Waals surface area contributed by atoms with E-state index in [4.69, 9.17) is 4.74 Å². The molecule has 0 aliphatic carbocycles. The van der Waals surface area contributed by atoms with Crippen molar-refractivity contribution in [2.75, 3.05) is 32.8 Å². The zero-order valence-corrected chi connectivity index (χ0v) is 10.3. The molecule has 0 bridgehead atoms. The Bertz CT molecular complexity index is 252. The number of hydrogen-bond donors (Lipinski definition) is 3. The molecule has 0 aromatic carbocycles. The van der Waals surface area contributed by atoms with Crippen LogP contribution in [-0.4, -0.2) is 50.7 Å². The van der Waals surface area contributed by atoms with Gasteiger partial charge in [0, 0.05) is 32.6 Å². The smallest absolute Gasteiger partial charge is 0.222 e. The van der Waals surface area contributed by atoms with Crippen LogP contribution in [0.1, 0.15) is 19.8 Å². The summed E-state index contributed by atoms with van der Waals surface area (Å²) < 4.78 is 5.41. The van der Waals surface area contributed by atoms with Gasteiger partial charge in [0.2, 0.25) is 11.8 Å². The average Bonchev–Trinajstić information content (AvgIpc) is 2.30. The van der Waals surface area contributed by atoms with Gasteiger partial charge in [0.15, 0.2) is 0 Å². The second kappa shape index (κ2) is 8.03. The number of amides is 2. The van der Waals surface area contributed by atoms with E-state index in [1.54, 1.807) is 0 Å². The minimum atomic E-state index is -0.0667. The van der Waals surface area contributed by atoms with Crippen LogP contribution in [0.25, 0.3) is 0 Å². The van der Waals surface area contributed by atoms with Gasteiger partial charge >= 0.3 is 0 Å². The Hall–Kier alpha value is -1.14. The van der Waals surface area contributed by atoms with Crippen molar-refractivity contribution in [2.24, 2.45) is 0 Å². The van der Waals surface area contributed by atoms with Crippen molar-refractivity contribution in [1.29, 1.82) is 0 Å². The van der Waals surface area contributed by atoms with Crippen molar-refractivity contribution >= 4 is 11.8 Å². The molecule has 1 saturated heterocycles. The highest BCUT2D eigenvalue weighted by molar-refractivity contribution is 5.79. The van der Waals surface area contributed by atoms with Gasteiger partial charge in [0.1, 0.15) is 0 Å². The standard InChI is InChI=1S/C11H21N3O3/c1-2-13-10(15)3-4-14-11(16)7-9-8-12-5-6-17-9/h9,12H,2-8H2,1H3,(H,13,15)(H,14,16). The van der Waals surface area contributed by atoms with Crippen LogP contribution in [0.4, 0.5) is 0 Å². The fourth-order valence-electron chi connectivity index (χ4n) is 1.63. The molecule has 1 aliphatic rings. The third-order valence-electron chi connectivity index (χ3n) is 2.47. The van der Waals surface area contributed by atoms with E-state index >= 15 is 0 Å². The molecule has 3 N–H and O–H groups in total. The summed E-state index contributed by atoms with van der Waals surface area (Å²) in [6.07, 6.45) is 0.624. The molecule has 1 aliphatic heterocycles. The first kappa shape index (κ1) is 13.9. The Kier molecular flexibility index (Phi) is 6.57. The predicted octanol–water partition coefficient (Wildman–Crippen LogP) is -0.993. The molecule has 0 aromatic rings. The fraction of sp³-hybridized carbons (Fsp3) is 0.818. The summed E-state index contributed by atoms with van der Waals surface area (Å²) in [5.41, 5.74) is 0. The summed E-state index contributed by atoms with van der Waals surface area (Å²) in [5, 5.41) is 8.55. The SMILES string of the molecule is CCNC(=O)CCNC(=O)CC1CNCCO1. The molecule has 98 valence electrons. The average molecular weight is 243 g/mol. The van der Waals surface area contributed by atoms with Crippen LogP contribution in [0.5, 0.6) is 0 Å². The van der Waals surface area contributed by atoms with Crippen LogP contribution in [-0.2, 0) is 14.3 Å². The van der Waals surface area contributed by atoms with E-state index < -0.39 is 0 Å². The minimum Gasteiger partial charge on any atom is -0.375 e. The highest BCUT2D eigenvalue weighted by Gasteiger charge is 2.16. The number of ether oxygens (including phenoxy) is 1. The minimum absolute atomic E-state index is 0.0385. The van der Waals surface area contributed by atoms with Crippen LogP contribution in [0.2, 0.25) is 0 Å². The van der Waals surface area contributed by atoms with Gasteiger partial charge in [-0.15, -0.1) is 0 Å². The van der Waals surface area contributed by atoms with Gasteiger partial charge in [-0.25, -0.2) is 0 Å². The summed E-state index contributed by atoms with van der Waals surface area (Å²) in [6, 6.07) is 0. The van der Waals surface area contributed by atoms with Crippen LogP contribution >= 0.6 is 0 Å². The summed E-state index contributed by atoms with van der Waals surface area (Å²) in [6.45, 7) is 5.07. The topological polar surface area (TPSA) is 79.5 Å². The number of rotatable bonds is 6. The Morgan fingerprint density at radius 3 is 2.82 bits per heavy atom. The maximum Gasteiger partial charge on any atom is 0.222 e. The molecule has 0 radical (unpaired) electrons. The molecule has 0 spiro atoms. The maximum atomic E-state index is 11.5. The third-order valence-corrected chi connectivity index (χ3v) is 2.47. The lowest BCUT2D eigenvalue weighted by molar-refractivity contribution is -0.124. The first-order valence-corrected chi connectivity index (χ1v) is 6.08. The van der Waals surface area contributed by atoms with E-state index in [0.717, 1.165) is 6.54 Å². The summed E-state index contributed by atoms with van der Waals surface area (Å²) in [5.74, 6) is -0.105. The van der Waals surface area contributed by atoms with Crippen molar-refractivity contribution < 1.29 is 14.3 Å². The molecule has 0 saturated carbocycles. The highest BCUT2D eigenvalue weighted by Crippen LogP contribution is 2.00. The van der Waals surface area contributed by atoms with Gasteiger partial charge in [-0.1, -0.05) is 0 Å². The molecule has 1 fully saturated rings. The van der Waals surface area contributed by atoms with Gasteiger partial charge in [0.05, 0.1) is 19.1 Å². The first-order valence-electron chi connectivity index (χ1n) is 6.08. The van der Waals surface area contributed by atoms with Crippen molar-refractivity contribution in [1.82, 2.24) is 16.0 Å². The van der Waals surface area contributed by atoms with Gasteiger partial charge in [-0.2, -0.15) is 0 Å². The largest absolute Gasteiger partial charge is 0.375 e. The van der Waals surface area contributed by atoms with E-state index in [9.17, 15) is 9.59 Å². The summed E-state index contributed by atoms with van der Waals surface area (Å²) in [7, 11) is 0. The zero-order valence-electron chi connectivity index (χ0n) is 10.3. The third kappa shape index (κ3) is 6.23. The van der Waals surface area contributed by atoms with Crippen molar-refractivity contribution in [3.63, 3.8) is 0 Å². The molecule has 0 aromatic heterocycles. The van der Waals surface area contributed by atoms with Crippen LogP contribution in [0, 0.1) is 0 Å². The monoisotopic (exact) mass is 243 g/mol. The highest BCUT2D eigenvalue weighted by atomic mass is 16.5. The van der Waals surface area contributed by atoms with E-state index in [-0.39, 0.29) is 17.9 Å². The van der Waals surface area contributed by atoms with Crippen molar-refractivity contribution in [3.8, 4) is 0 Å². The van der Waals surface area contributed by atoms with Crippen LogP contribution < -0.4 is 16.0 Å². The Morgan fingerprint density at radius 2 is 2.18 bits per heavy atom. The number of morpholine rings is 1. The molecular weight excluding hydrogens is 222 g/mol. The van der Waals surface area contributed by atoms with Crippen LogP contribution in [0.15, 0.2) is 0 Å². The second-order valence-electron chi connectivity index (χ2n) is 3.95. The maximum absolute atomic E-state index is 11.5. The van der Waals surface area contributed by atoms with Gasteiger partial charge in [-0.3, -0.25) is 9.59 Å². The Labute approximate surface area is 101 Å². The number of carbonyl (C=O) groups is 2. The molecule has 1 heterocycles. The number of hydrogen-bond acceptors (Lipinski definition) is 4. The van der Waals surface area contributed by atoms with Crippen molar-refractivity contribution in [2.45, 2.75) is 25.9 Å².